The number of aliphatic hydroxyl groups is 1. The van der Waals surface area contributed by atoms with E-state index < -0.39 is 5.60 Å². The van der Waals surface area contributed by atoms with Crippen molar-refractivity contribution in [1.29, 1.82) is 0 Å². The van der Waals surface area contributed by atoms with E-state index in [9.17, 15) is 5.11 Å². The van der Waals surface area contributed by atoms with Crippen molar-refractivity contribution in [2.45, 2.75) is 25.7 Å². The highest BCUT2D eigenvalue weighted by Crippen LogP contribution is 2.25. The molecule has 0 bridgehead atoms. The van der Waals surface area contributed by atoms with E-state index in [0.717, 1.165) is 5.56 Å². The van der Waals surface area contributed by atoms with Gasteiger partial charge in [-0.2, -0.15) is 5.10 Å². The first-order chi connectivity index (χ1) is 12.6. The molecular weight excluding hydrogens is 352 g/mol. The minimum Gasteiger partial charge on any atom is -0.391 e. The largest absolute Gasteiger partial charge is 0.391 e. The molecule has 1 atom stereocenters. The minimum atomic E-state index is -1.37. The molecule has 7 heteroatoms. The molecule has 0 amide bonds. The minimum absolute atomic E-state index is 0.177. The normalized spacial score (nSPS) is 14.0. The molecule has 3 rings (SSSR count). The summed E-state index contributed by atoms with van der Waals surface area (Å²) in [5.41, 5.74) is 0.695. The van der Waals surface area contributed by atoms with Gasteiger partial charge in [-0.15, -0.1) is 0 Å². The molecule has 6 nitrogen and oxygen atoms in total. The predicted molar refractivity (Wildman–Crippen MR) is 99.7 cm³/mol. The Bertz CT molecular complexity index is 851. The number of halogens is 1. The third kappa shape index (κ3) is 4.28. The van der Waals surface area contributed by atoms with Gasteiger partial charge in [0, 0.05) is 5.02 Å². The Morgan fingerprint density at radius 1 is 1.19 bits per heavy atom. The fourth-order valence-corrected chi connectivity index (χ4v) is 2.66. The van der Waals surface area contributed by atoms with E-state index in [2.05, 4.69) is 15.2 Å². The van der Waals surface area contributed by atoms with Gasteiger partial charge in [0.1, 0.15) is 19.3 Å². The summed E-state index contributed by atoms with van der Waals surface area (Å²) in [6.45, 7) is 2.19. The second-order valence-electron chi connectivity index (χ2n) is 5.90. The zero-order chi connectivity index (χ0) is 18.4. The molecule has 0 fully saturated rings. The number of aromatic nitrogens is 3. The number of hydrogen-bond donors (Lipinski definition) is 1. The Hall–Kier alpha value is -2.70. The van der Waals surface area contributed by atoms with Crippen LogP contribution in [0, 0.1) is 0 Å². The van der Waals surface area contributed by atoms with Gasteiger partial charge in [-0.05, 0) is 30.2 Å². The molecule has 134 valence electrons. The Morgan fingerprint density at radius 3 is 2.58 bits per heavy atom. The molecule has 1 heterocycles. The second-order valence-corrected chi connectivity index (χ2v) is 6.33. The third-order valence-electron chi connectivity index (χ3n) is 4.05. The van der Waals surface area contributed by atoms with Crippen molar-refractivity contribution in [2.75, 3.05) is 0 Å². The first kappa shape index (κ1) is 18.1. The number of nitrogens with zero attached hydrogens (tertiary/aromatic N) is 4. The van der Waals surface area contributed by atoms with Gasteiger partial charge < -0.3 is 9.94 Å². The summed E-state index contributed by atoms with van der Waals surface area (Å²) in [5, 5.41) is 20.2. The van der Waals surface area contributed by atoms with E-state index in [1.807, 2.05) is 42.5 Å². The summed E-state index contributed by atoms with van der Waals surface area (Å²) in [6.07, 6.45) is 2.98. The summed E-state index contributed by atoms with van der Waals surface area (Å²) in [5.74, 6) is 0. The standard InChI is InChI=1S/C19H19ClN4O2/c1-15(23-26-11-16-7-9-18(20)10-8-16)19(25,12-24-14-21-13-22-24)17-5-3-2-4-6-17/h2-10,13-14,25H,11-12H2,1H3. The highest BCUT2D eigenvalue weighted by atomic mass is 35.5. The van der Waals surface area contributed by atoms with Crippen LogP contribution in [0.2, 0.25) is 5.02 Å². The summed E-state index contributed by atoms with van der Waals surface area (Å²) >= 11 is 5.88. The van der Waals surface area contributed by atoms with E-state index >= 15 is 0 Å². The lowest BCUT2D eigenvalue weighted by Crippen LogP contribution is -2.39. The van der Waals surface area contributed by atoms with Crippen LogP contribution in [0.15, 0.2) is 72.4 Å². The van der Waals surface area contributed by atoms with Crippen molar-refractivity contribution >= 4 is 17.3 Å². The van der Waals surface area contributed by atoms with Crippen LogP contribution in [0.4, 0.5) is 0 Å². The van der Waals surface area contributed by atoms with Crippen molar-refractivity contribution in [2.24, 2.45) is 5.16 Å². The van der Waals surface area contributed by atoms with Crippen LogP contribution in [0.1, 0.15) is 18.1 Å². The molecule has 0 radical (unpaired) electrons. The fourth-order valence-electron chi connectivity index (χ4n) is 2.54. The molecule has 2 aromatic carbocycles. The molecule has 1 unspecified atom stereocenters. The molecule has 26 heavy (non-hydrogen) atoms. The van der Waals surface area contributed by atoms with Gasteiger partial charge in [-0.25, -0.2) is 9.67 Å². The van der Waals surface area contributed by atoms with Crippen molar-refractivity contribution in [1.82, 2.24) is 14.8 Å². The highest BCUT2D eigenvalue weighted by molar-refractivity contribution is 6.30. The molecule has 0 aliphatic heterocycles. The SMILES string of the molecule is CC(=NOCc1ccc(Cl)cc1)C(O)(Cn1cncn1)c1ccccc1. The molecule has 0 aliphatic carbocycles. The summed E-state index contributed by atoms with van der Waals surface area (Å²) < 4.78 is 1.56. The van der Waals surface area contributed by atoms with Gasteiger partial charge >= 0.3 is 0 Å². The van der Waals surface area contributed by atoms with Gasteiger partial charge in [-0.1, -0.05) is 59.2 Å². The van der Waals surface area contributed by atoms with E-state index in [-0.39, 0.29) is 13.2 Å². The Kier molecular flexibility index (Phi) is 5.65. The summed E-state index contributed by atoms with van der Waals surface area (Å²) in [7, 11) is 0. The van der Waals surface area contributed by atoms with Crippen molar-refractivity contribution in [3.05, 3.63) is 83.4 Å². The van der Waals surface area contributed by atoms with Crippen LogP contribution in [0.25, 0.3) is 0 Å². The van der Waals surface area contributed by atoms with Crippen LogP contribution >= 0.6 is 11.6 Å². The smallest absolute Gasteiger partial charge is 0.150 e. The van der Waals surface area contributed by atoms with Crippen LogP contribution in [-0.4, -0.2) is 25.6 Å². The molecule has 0 saturated heterocycles. The van der Waals surface area contributed by atoms with Gasteiger partial charge in [0.15, 0.2) is 5.60 Å². The monoisotopic (exact) mass is 370 g/mol. The summed E-state index contributed by atoms with van der Waals surface area (Å²) in [6, 6.07) is 16.6. The number of benzene rings is 2. The lowest BCUT2D eigenvalue weighted by molar-refractivity contribution is 0.0710. The third-order valence-corrected chi connectivity index (χ3v) is 4.31. The number of rotatable bonds is 7. The first-order valence-corrected chi connectivity index (χ1v) is 8.47. The maximum absolute atomic E-state index is 11.3. The van der Waals surface area contributed by atoms with Gasteiger partial charge in [0.2, 0.25) is 0 Å². The van der Waals surface area contributed by atoms with Crippen LogP contribution < -0.4 is 0 Å². The van der Waals surface area contributed by atoms with E-state index in [0.29, 0.717) is 16.3 Å². The van der Waals surface area contributed by atoms with Crippen LogP contribution in [0.3, 0.4) is 0 Å². The fraction of sp³-hybridized carbons (Fsp3) is 0.211. The maximum atomic E-state index is 11.3. The molecule has 1 aromatic heterocycles. The molecule has 3 aromatic rings. The molecule has 0 aliphatic rings. The number of hydrogen-bond acceptors (Lipinski definition) is 5. The van der Waals surface area contributed by atoms with Gasteiger partial charge in [0.05, 0.1) is 12.3 Å². The average molecular weight is 371 g/mol. The highest BCUT2D eigenvalue weighted by Gasteiger charge is 2.34. The first-order valence-electron chi connectivity index (χ1n) is 8.10. The van der Waals surface area contributed by atoms with Crippen molar-refractivity contribution < 1.29 is 9.94 Å². The van der Waals surface area contributed by atoms with Crippen molar-refractivity contribution in [3.63, 3.8) is 0 Å². The average Bonchev–Trinajstić information content (AvgIpc) is 3.16. The van der Waals surface area contributed by atoms with Crippen LogP contribution in [-0.2, 0) is 23.6 Å². The quantitative estimate of drug-likeness (QED) is 0.511. The molecule has 0 spiro atoms. The second kappa shape index (κ2) is 8.12. The molecule has 0 saturated carbocycles. The predicted octanol–water partition coefficient (Wildman–Crippen LogP) is 3.41. The Morgan fingerprint density at radius 2 is 1.92 bits per heavy atom. The maximum Gasteiger partial charge on any atom is 0.150 e. The topological polar surface area (TPSA) is 72.5 Å². The van der Waals surface area contributed by atoms with E-state index in [1.54, 1.807) is 30.1 Å². The van der Waals surface area contributed by atoms with Crippen LogP contribution in [0.5, 0.6) is 0 Å². The molecular formula is C19H19ClN4O2. The van der Waals surface area contributed by atoms with E-state index in [1.165, 1.54) is 6.33 Å². The van der Waals surface area contributed by atoms with Gasteiger partial charge in [-0.3, -0.25) is 0 Å². The lowest BCUT2D eigenvalue weighted by atomic mass is 9.89. The van der Waals surface area contributed by atoms with E-state index in [4.69, 9.17) is 16.4 Å². The number of oxime groups is 1. The Labute approximate surface area is 156 Å². The molecule has 1 N–H and O–H groups in total. The Balaban J connectivity index is 1.79. The van der Waals surface area contributed by atoms with Gasteiger partial charge in [0.25, 0.3) is 0 Å². The zero-order valence-corrected chi connectivity index (χ0v) is 15.0. The zero-order valence-electron chi connectivity index (χ0n) is 14.3. The lowest BCUT2D eigenvalue weighted by Gasteiger charge is -2.28. The summed E-state index contributed by atoms with van der Waals surface area (Å²) in [4.78, 5) is 9.37. The van der Waals surface area contributed by atoms with Crippen molar-refractivity contribution in [3.8, 4) is 0 Å².